The van der Waals surface area contributed by atoms with E-state index in [-0.39, 0.29) is 12.2 Å². The van der Waals surface area contributed by atoms with Gasteiger partial charge in [-0.05, 0) is 24.5 Å². The molecule has 1 aromatic carbocycles. The number of hydrogen-bond acceptors (Lipinski definition) is 2. The lowest BCUT2D eigenvalue weighted by Gasteiger charge is -2.31. The molecule has 20 heavy (non-hydrogen) atoms. The number of halogens is 3. The fourth-order valence-corrected chi connectivity index (χ4v) is 2.68. The first kappa shape index (κ1) is 15.0. The zero-order chi connectivity index (χ0) is 14.8. The lowest BCUT2D eigenvalue weighted by molar-refractivity contribution is -0.137. The van der Waals surface area contributed by atoms with Crippen molar-refractivity contribution in [1.29, 1.82) is 0 Å². The van der Waals surface area contributed by atoms with E-state index in [1.807, 2.05) is 0 Å². The maximum Gasteiger partial charge on any atom is 0.416 e. The van der Waals surface area contributed by atoms with Crippen LogP contribution in [0.4, 0.5) is 13.2 Å². The third-order valence-corrected chi connectivity index (χ3v) is 3.92. The van der Waals surface area contributed by atoms with Crippen molar-refractivity contribution in [3.05, 3.63) is 35.4 Å². The Morgan fingerprint density at radius 2 is 1.85 bits per heavy atom. The van der Waals surface area contributed by atoms with Crippen molar-refractivity contribution < 1.29 is 18.0 Å². The van der Waals surface area contributed by atoms with Crippen LogP contribution in [0.25, 0.3) is 0 Å². The third-order valence-electron chi connectivity index (χ3n) is 3.92. The molecule has 1 saturated carbocycles. The predicted octanol–water partition coefficient (Wildman–Crippen LogP) is 3.48. The van der Waals surface area contributed by atoms with E-state index in [1.165, 1.54) is 6.07 Å². The summed E-state index contributed by atoms with van der Waals surface area (Å²) in [5.74, 6) is -0.156. The molecule has 1 aromatic rings. The number of carbonyl (C=O) groups excluding carboxylic acids is 1. The Balaban J connectivity index is 2.12. The summed E-state index contributed by atoms with van der Waals surface area (Å²) in [6.07, 6.45) is -0.272. The van der Waals surface area contributed by atoms with Crippen molar-refractivity contribution in [1.82, 2.24) is 0 Å². The standard InChI is InChI=1S/C15H18F3NO/c16-15(17,18)12-6-4-5-11(9-12)10-13(20)14(19)7-2-1-3-8-14/h4-6,9H,1-3,7-8,10,19H2. The van der Waals surface area contributed by atoms with Crippen LogP contribution in [0.15, 0.2) is 24.3 Å². The van der Waals surface area contributed by atoms with Crippen molar-refractivity contribution in [2.45, 2.75) is 50.2 Å². The van der Waals surface area contributed by atoms with Gasteiger partial charge in [-0.1, -0.05) is 37.5 Å². The van der Waals surface area contributed by atoms with Crippen LogP contribution < -0.4 is 5.73 Å². The van der Waals surface area contributed by atoms with E-state index >= 15 is 0 Å². The van der Waals surface area contributed by atoms with Crippen molar-refractivity contribution >= 4 is 5.78 Å². The van der Waals surface area contributed by atoms with E-state index in [2.05, 4.69) is 0 Å². The number of benzene rings is 1. The molecule has 1 fully saturated rings. The highest BCUT2D eigenvalue weighted by molar-refractivity contribution is 5.90. The zero-order valence-electron chi connectivity index (χ0n) is 11.2. The number of alkyl halides is 3. The second-order valence-electron chi connectivity index (χ2n) is 5.51. The van der Waals surface area contributed by atoms with E-state index in [0.717, 1.165) is 31.4 Å². The van der Waals surface area contributed by atoms with Gasteiger partial charge in [0.05, 0.1) is 11.1 Å². The van der Waals surface area contributed by atoms with Crippen molar-refractivity contribution in [3.8, 4) is 0 Å². The highest BCUT2D eigenvalue weighted by Crippen LogP contribution is 2.31. The largest absolute Gasteiger partial charge is 0.416 e. The highest BCUT2D eigenvalue weighted by atomic mass is 19.4. The number of hydrogen-bond donors (Lipinski definition) is 1. The molecule has 0 amide bonds. The molecule has 0 radical (unpaired) electrons. The van der Waals surface area contributed by atoms with Gasteiger partial charge in [-0.2, -0.15) is 13.2 Å². The Morgan fingerprint density at radius 1 is 1.20 bits per heavy atom. The molecule has 1 aliphatic carbocycles. The van der Waals surface area contributed by atoms with E-state index in [0.29, 0.717) is 18.4 Å². The van der Waals surface area contributed by atoms with Gasteiger partial charge in [-0.3, -0.25) is 4.79 Å². The van der Waals surface area contributed by atoms with Gasteiger partial charge >= 0.3 is 6.18 Å². The molecule has 0 aliphatic heterocycles. The first-order chi connectivity index (χ1) is 9.31. The number of ketones is 1. The maximum absolute atomic E-state index is 12.6. The number of carbonyl (C=O) groups is 1. The summed E-state index contributed by atoms with van der Waals surface area (Å²) in [7, 11) is 0. The number of nitrogens with two attached hydrogens (primary N) is 1. The van der Waals surface area contributed by atoms with Crippen LogP contribution in [0, 0.1) is 0 Å². The average Bonchev–Trinajstić information content (AvgIpc) is 2.39. The maximum atomic E-state index is 12.6. The molecule has 1 aliphatic rings. The van der Waals surface area contributed by atoms with Crippen LogP contribution in [0.2, 0.25) is 0 Å². The quantitative estimate of drug-likeness (QED) is 0.924. The van der Waals surface area contributed by atoms with Gasteiger partial charge < -0.3 is 5.73 Å². The third kappa shape index (κ3) is 3.39. The van der Waals surface area contributed by atoms with Gasteiger partial charge in [0, 0.05) is 6.42 Å². The average molecular weight is 285 g/mol. The van der Waals surface area contributed by atoms with Crippen LogP contribution in [0.1, 0.15) is 43.2 Å². The summed E-state index contributed by atoms with van der Waals surface area (Å²) in [4.78, 5) is 12.2. The summed E-state index contributed by atoms with van der Waals surface area (Å²) in [6.45, 7) is 0. The van der Waals surface area contributed by atoms with Crippen LogP contribution in [-0.4, -0.2) is 11.3 Å². The Kier molecular flexibility index (Phi) is 4.18. The molecule has 5 heteroatoms. The molecule has 0 atom stereocenters. The van der Waals surface area contributed by atoms with E-state index in [4.69, 9.17) is 5.73 Å². The molecule has 110 valence electrons. The van der Waals surface area contributed by atoms with Crippen LogP contribution in [0.3, 0.4) is 0 Å². The summed E-state index contributed by atoms with van der Waals surface area (Å²) >= 11 is 0. The van der Waals surface area contributed by atoms with Crippen LogP contribution >= 0.6 is 0 Å². The van der Waals surface area contributed by atoms with Gasteiger partial charge in [0.25, 0.3) is 0 Å². The summed E-state index contributed by atoms with van der Waals surface area (Å²) in [6, 6.07) is 4.91. The first-order valence-corrected chi connectivity index (χ1v) is 6.80. The lowest BCUT2D eigenvalue weighted by Crippen LogP contribution is -2.50. The summed E-state index contributed by atoms with van der Waals surface area (Å²) < 4.78 is 37.9. The molecule has 0 unspecified atom stereocenters. The minimum absolute atomic E-state index is 0.0274. The van der Waals surface area contributed by atoms with Gasteiger partial charge in [0.1, 0.15) is 0 Å². The van der Waals surface area contributed by atoms with Gasteiger partial charge in [-0.15, -0.1) is 0 Å². The molecular formula is C15H18F3NO. The normalized spacial score (nSPS) is 18.8. The molecule has 0 aromatic heterocycles. The van der Waals surface area contributed by atoms with E-state index in [1.54, 1.807) is 6.07 Å². The molecular weight excluding hydrogens is 267 g/mol. The van der Waals surface area contributed by atoms with Gasteiger partial charge in [-0.25, -0.2) is 0 Å². The SMILES string of the molecule is NC1(C(=O)Cc2cccc(C(F)(F)F)c2)CCCCC1. The Morgan fingerprint density at radius 3 is 2.45 bits per heavy atom. The monoisotopic (exact) mass is 285 g/mol. The lowest BCUT2D eigenvalue weighted by atomic mass is 9.78. The second-order valence-corrected chi connectivity index (χ2v) is 5.51. The minimum atomic E-state index is -4.38. The molecule has 2 N–H and O–H groups in total. The van der Waals surface area contributed by atoms with Crippen molar-refractivity contribution in [2.24, 2.45) is 5.73 Å². The van der Waals surface area contributed by atoms with Crippen molar-refractivity contribution in [2.75, 3.05) is 0 Å². The molecule has 0 heterocycles. The smallest absolute Gasteiger partial charge is 0.319 e. The zero-order valence-corrected chi connectivity index (χ0v) is 11.2. The van der Waals surface area contributed by atoms with Crippen LogP contribution in [0.5, 0.6) is 0 Å². The predicted molar refractivity (Wildman–Crippen MR) is 70.2 cm³/mol. The second kappa shape index (κ2) is 5.56. The number of rotatable bonds is 3. The summed E-state index contributed by atoms with van der Waals surface area (Å²) in [5.41, 5.74) is 4.90. The van der Waals surface area contributed by atoms with Gasteiger partial charge in [0.15, 0.2) is 5.78 Å². The molecule has 2 rings (SSSR count). The fourth-order valence-electron chi connectivity index (χ4n) is 2.68. The van der Waals surface area contributed by atoms with Crippen LogP contribution in [-0.2, 0) is 17.4 Å². The Bertz CT molecular complexity index is 490. The molecule has 0 bridgehead atoms. The molecule has 0 spiro atoms. The highest BCUT2D eigenvalue weighted by Gasteiger charge is 2.35. The van der Waals surface area contributed by atoms with E-state index in [9.17, 15) is 18.0 Å². The number of Topliss-reactive ketones (excluding diaryl/α,β-unsaturated/α-hetero) is 1. The minimum Gasteiger partial charge on any atom is -0.319 e. The fraction of sp³-hybridized carbons (Fsp3) is 0.533. The molecule has 2 nitrogen and oxygen atoms in total. The van der Waals surface area contributed by atoms with Crippen molar-refractivity contribution in [3.63, 3.8) is 0 Å². The Hall–Kier alpha value is -1.36. The van der Waals surface area contributed by atoms with Gasteiger partial charge in [0.2, 0.25) is 0 Å². The van der Waals surface area contributed by atoms with E-state index < -0.39 is 17.3 Å². The summed E-state index contributed by atoms with van der Waals surface area (Å²) in [5, 5.41) is 0. The first-order valence-electron chi connectivity index (χ1n) is 6.80. The topological polar surface area (TPSA) is 43.1 Å². The molecule has 0 saturated heterocycles. The Labute approximate surface area is 116 Å².